The van der Waals surface area contributed by atoms with Gasteiger partial charge in [-0.3, -0.25) is 14.4 Å². The van der Waals surface area contributed by atoms with Crippen LogP contribution in [0.1, 0.15) is 46.0 Å². The Hall–Kier alpha value is -1.89. The first-order valence-electron chi connectivity index (χ1n) is 8.01. The number of ether oxygens (including phenoxy) is 1. The first-order chi connectivity index (χ1) is 10.9. The van der Waals surface area contributed by atoms with E-state index in [1.54, 1.807) is 0 Å². The van der Waals surface area contributed by atoms with E-state index in [2.05, 4.69) is 16.7 Å². The van der Waals surface area contributed by atoms with Gasteiger partial charge in [0.2, 0.25) is 11.8 Å². The van der Waals surface area contributed by atoms with Crippen molar-refractivity contribution in [3.05, 3.63) is 12.2 Å². The molecule has 3 atom stereocenters. The fraction of sp³-hybridized carbons (Fsp3) is 0.688. The Balaban J connectivity index is 2.33. The van der Waals surface area contributed by atoms with E-state index in [0.717, 1.165) is 25.7 Å². The van der Waals surface area contributed by atoms with E-state index in [1.165, 1.54) is 20.3 Å². The molecule has 130 valence electrons. The van der Waals surface area contributed by atoms with Gasteiger partial charge in [-0.1, -0.05) is 25.0 Å². The van der Waals surface area contributed by atoms with Crippen LogP contribution in [-0.2, 0) is 19.1 Å². The summed E-state index contributed by atoms with van der Waals surface area (Å²) < 4.78 is 5.56. The number of amides is 2. The van der Waals surface area contributed by atoms with Crippen molar-refractivity contribution in [1.82, 2.24) is 10.6 Å². The van der Waals surface area contributed by atoms with Crippen molar-refractivity contribution in [3.63, 3.8) is 0 Å². The van der Waals surface area contributed by atoms with Gasteiger partial charge < -0.3 is 20.5 Å². The van der Waals surface area contributed by atoms with E-state index in [4.69, 9.17) is 9.84 Å². The minimum atomic E-state index is -1.13. The van der Waals surface area contributed by atoms with Crippen molar-refractivity contribution in [3.8, 4) is 0 Å². The minimum absolute atomic E-state index is 0.0720. The monoisotopic (exact) mass is 326 g/mol. The van der Waals surface area contributed by atoms with Crippen LogP contribution in [0.3, 0.4) is 0 Å². The topological polar surface area (TPSA) is 105 Å². The smallest absolute Gasteiger partial charge is 0.325 e. The molecule has 0 spiro atoms. The van der Waals surface area contributed by atoms with Crippen molar-refractivity contribution in [2.45, 2.75) is 64.1 Å². The largest absolute Gasteiger partial charge is 0.480 e. The Morgan fingerprint density at radius 1 is 1.17 bits per heavy atom. The molecule has 0 heterocycles. The first kappa shape index (κ1) is 19.2. The fourth-order valence-corrected chi connectivity index (χ4v) is 2.20. The zero-order chi connectivity index (χ0) is 17.2. The van der Waals surface area contributed by atoms with Crippen LogP contribution >= 0.6 is 0 Å². The molecule has 0 aliphatic heterocycles. The zero-order valence-corrected chi connectivity index (χ0v) is 13.7. The SMILES string of the molecule is C[C@H](NC(=O)[C@H](C)NC(=O)COC1/C=C\CCCCC1)C(=O)O. The number of carbonyl (C=O) groups excluding carboxylic acids is 2. The molecule has 0 radical (unpaired) electrons. The van der Waals surface area contributed by atoms with Gasteiger partial charge in [0.15, 0.2) is 0 Å². The van der Waals surface area contributed by atoms with E-state index < -0.39 is 29.9 Å². The molecule has 0 saturated heterocycles. The standard InChI is InChI=1S/C16H26N2O5/c1-11(15(20)18-12(2)16(21)22)17-14(19)10-23-13-8-6-4-3-5-7-9-13/h6,8,11-13H,3-5,7,9-10H2,1-2H3,(H,17,19)(H,18,20)(H,21,22)/b8-6-/t11-,12-,13?/m0/s1. The number of carbonyl (C=O) groups is 3. The Kier molecular flexibility index (Phi) is 8.32. The van der Waals surface area contributed by atoms with Crippen LogP contribution in [0.4, 0.5) is 0 Å². The lowest BCUT2D eigenvalue weighted by Crippen LogP contribution is -2.50. The van der Waals surface area contributed by atoms with Crippen LogP contribution in [0.25, 0.3) is 0 Å². The van der Waals surface area contributed by atoms with Gasteiger partial charge in [0, 0.05) is 0 Å². The number of aliphatic carboxylic acids is 1. The molecule has 23 heavy (non-hydrogen) atoms. The molecule has 0 aromatic heterocycles. The van der Waals surface area contributed by atoms with Gasteiger partial charge in [-0.25, -0.2) is 0 Å². The molecule has 1 aliphatic rings. The maximum absolute atomic E-state index is 11.8. The van der Waals surface area contributed by atoms with Crippen LogP contribution in [0.5, 0.6) is 0 Å². The number of carboxylic acid groups (broad SMARTS) is 1. The van der Waals surface area contributed by atoms with Crippen LogP contribution < -0.4 is 10.6 Å². The lowest BCUT2D eigenvalue weighted by Gasteiger charge is -2.18. The second kappa shape index (κ2) is 9.99. The maximum Gasteiger partial charge on any atom is 0.325 e. The molecule has 1 aliphatic carbocycles. The van der Waals surface area contributed by atoms with E-state index in [1.807, 2.05) is 6.08 Å². The summed E-state index contributed by atoms with van der Waals surface area (Å²) in [6.07, 6.45) is 9.32. The number of hydrogen-bond acceptors (Lipinski definition) is 4. The third-order valence-corrected chi connectivity index (χ3v) is 3.64. The summed E-state index contributed by atoms with van der Waals surface area (Å²) >= 11 is 0. The van der Waals surface area contributed by atoms with Gasteiger partial charge in [0.25, 0.3) is 0 Å². The Labute approximate surface area is 136 Å². The van der Waals surface area contributed by atoms with Crippen molar-refractivity contribution in [2.24, 2.45) is 0 Å². The third-order valence-electron chi connectivity index (χ3n) is 3.64. The molecular formula is C16H26N2O5. The van der Waals surface area contributed by atoms with Crippen LogP contribution in [0, 0.1) is 0 Å². The number of hydrogen-bond donors (Lipinski definition) is 3. The second-order valence-electron chi connectivity index (χ2n) is 5.77. The quantitative estimate of drug-likeness (QED) is 0.605. The Morgan fingerprint density at radius 3 is 2.61 bits per heavy atom. The minimum Gasteiger partial charge on any atom is -0.480 e. The van der Waals surface area contributed by atoms with E-state index in [9.17, 15) is 14.4 Å². The highest BCUT2D eigenvalue weighted by Gasteiger charge is 2.20. The summed E-state index contributed by atoms with van der Waals surface area (Å²) in [5.41, 5.74) is 0. The maximum atomic E-state index is 11.8. The molecule has 3 N–H and O–H groups in total. The van der Waals surface area contributed by atoms with Crippen LogP contribution in [0.2, 0.25) is 0 Å². The Morgan fingerprint density at radius 2 is 1.91 bits per heavy atom. The van der Waals surface area contributed by atoms with Gasteiger partial charge in [0.1, 0.15) is 18.7 Å². The first-order valence-corrected chi connectivity index (χ1v) is 8.01. The van der Waals surface area contributed by atoms with Crippen molar-refractivity contribution >= 4 is 17.8 Å². The summed E-state index contributed by atoms with van der Waals surface area (Å²) in [6.45, 7) is 2.73. The molecule has 2 amide bonds. The highest BCUT2D eigenvalue weighted by Crippen LogP contribution is 2.13. The van der Waals surface area contributed by atoms with Crippen LogP contribution in [-0.4, -0.2) is 47.7 Å². The van der Waals surface area contributed by atoms with Gasteiger partial charge in [-0.05, 0) is 33.1 Å². The number of allylic oxidation sites excluding steroid dienone is 1. The predicted octanol–water partition coefficient (Wildman–Crippen LogP) is 0.986. The van der Waals surface area contributed by atoms with Crippen molar-refractivity contribution in [1.29, 1.82) is 0 Å². The van der Waals surface area contributed by atoms with Gasteiger partial charge >= 0.3 is 5.97 Å². The molecule has 0 aromatic rings. The summed E-state index contributed by atoms with van der Waals surface area (Å²) in [5, 5.41) is 13.5. The summed E-state index contributed by atoms with van der Waals surface area (Å²) in [6, 6.07) is -1.82. The lowest BCUT2D eigenvalue weighted by molar-refractivity contribution is -0.141. The summed E-state index contributed by atoms with van der Waals surface area (Å²) in [7, 11) is 0. The molecule has 0 fully saturated rings. The molecule has 7 nitrogen and oxygen atoms in total. The van der Waals surface area contributed by atoms with Gasteiger partial charge in [-0.15, -0.1) is 0 Å². The molecule has 7 heteroatoms. The van der Waals surface area contributed by atoms with Gasteiger partial charge in [0.05, 0.1) is 6.10 Å². The number of carboxylic acids is 1. The highest BCUT2D eigenvalue weighted by atomic mass is 16.5. The number of nitrogens with one attached hydrogen (secondary N) is 2. The van der Waals surface area contributed by atoms with Crippen molar-refractivity contribution in [2.75, 3.05) is 6.61 Å². The number of rotatable bonds is 7. The molecule has 0 saturated carbocycles. The van der Waals surface area contributed by atoms with E-state index >= 15 is 0 Å². The van der Waals surface area contributed by atoms with E-state index in [-0.39, 0.29) is 12.7 Å². The summed E-state index contributed by atoms with van der Waals surface area (Å²) in [4.78, 5) is 34.2. The lowest BCUT2D eigenvalue weighted by atomic mass is 10.0. The summed E-state index contributed by atoms with van der Waals surface area (Å²) in [5.74, 6) is -2.07. The predicted molar refractivity (Wildman–Crippen MR) is 84.8 cm³/mol. The van der Waals surface area contributed by atoms with E-state index in [0.29, 0.717) is 0 Å². The average Bonchev–Trinajstić information content (AvgIpc) is 2.45. The van der Waals surface area contributed by atoms with Crippen LogP contribution in [0.15, 0.2) is 12.2 Å². The van der Waals surface area contributed by atoms with Gasteiger partial charge in [-0.2, -0.15) is 0 Å². The zero-order valence-electron chi connectivity index (χ0n) is 13.7. The third kappa shape index (κ3) is 7.78. The molecule has 0 bridgehead atoms. The second-order valence-corrected chi connectivity index (χ2v) is 5.77. The molecule has 0 aromatic carbocycles. The highest BCUT2D eigenvalue weighted by molar-refractivity contribution is 5.90. The molecule has 1 unspecified atom stereocenters. The molecule has 1 rings (SSSR count). The average molecular weight is 326 g/mol. The normalized spacial score (nSPS) is 22.1. The fourth-order valence-electron chi connectivity index (χ4n) is 2.20. The molecular weight excluding hydrogens is 300 g/mol. The Bertz CT molecular complexity index is 450. The van der Waals surface area contributed by atoms with Crippen molar-refractivity contribution < 1.29 is 24.2 Å².